The van der Waals surface area contributed by atoms with Gasteiger partial charge in [0.2, 0.25) is 0 Å². The minimum Gasteiger partial charge on any atom is -0.497 e. The molecule has 0 atom stereocenters. The molecular weight excluding hydrogens is 390 g/mol. The summed E-state index contributed by atoms with van der Waals surface area (Å²) in [7, 11) is 2.99. The van der Waals surface area contributed by atoms with E-state index in [-0.39, 0.29) is 0 Å². The quantitative estimate of drug-likeness (QED) is 0.331. The molecule has 0 amide bonds. The molecule has 0 bridgehead atoms. The molecule has 2 aromatic carbocycles. The third-order valence-corrected chi connectivity index (χ3v) is 4.21. The van der Waals surface area contributed by atoms with E-state index in [0.29, 0.717) is 16.3 Å². The van der Waals surface area contributed by atoms with E-state index in [0.717, 1.165) is 17.7 Å². The summed E-state index contributed by atoms with van der Waals surface area (Å²) in [6.07, 6.45) is 5.49. The van der Waals surface area contributed by atoms with Crippen molar-refractivity contribution in [1.29, 1.82) is 0 Å². The molecule has 1 aromatic heterocycles. The van der Waals surface area contributed by atoms with Gasteiger partial charge in [-0.25, -0.2) is 4.79 Å². The molecule has 1 heterocycles. The highest BCUT2D eigenvalue weighted by atomic mass is 35.5. The Morgan fingerprint density at radius 3 is 2.48 bits per heavy atom. The van der Waals surface area contributed by atoms with Crippen LogP contribution in [0.15, 0.2) is 66.9 Å². The molecule has 0 N–H and O–H groups in total. The highest BCUT2D eigenvalue weighted by Gasteiger charge is 2.07. The number of aryl methyl sites for hydroxylation is 1. The topological polar surface area (TPSA) is 57.5 Å². The predicted octanol–water partition coefficient (Wildman–Crippen LogP) is 5.13. The van der Waals surface area contributed by atoms with Gasteiger partial charge in [0, 0.05) is 28.6 Å². The summed E-state index contributed by atoms with van der Waals surface area (Å²) in [4.78, 5) is 22.3. The van der Waals surface area contributed by atoms with Crippen LogP contribution in [-0.2, 0) is 9.53 Å². The maximum absolute atomic E-state index is 11.1. The second kappa shape index (κ2) is 10.9. The van der Waals surface area contributed by atoms with Crippen LogP contribution in [0.5, 0.6) is 5.75 Å². The first kappa shape index (κ1) is 22.0. The molecule has 3 aromatic rings. The summed E-state index contributed by atoms with van der Waals surface area (Å²) in [6, 6.07) is 16.7. The van der Waals surface area contributed by atoms with Crippen LogP contribution in [-0.4, -0.2) is 31.0 Å². The number of methoxy groups -OCH3 is 2. The maximum Gasteiger partial charge on any atom is 0.330 e. The molecule has 0 aliphatic rings. The normalized spacial score (nSPS) is 10.2. The monoisotopic (exact) mass is 411 g/mol. The number of ether oxygens (including phenoxy) is 2. The van der Waals surface area contributed by atoms with E-state index < -0.39 is 5.97 Å². The number of benzene rings is 2. The fraction of sp³-hybridized carbons (Fsp3) is 0.130. The van der Waals surface area contributed by atoms with Crippen molar-refractivity contribution in [2.45, 2.75) is 6.92 Å². The molecule has 0 aliphatic carbocycles. The zero-order valence-electron chi connectivity index (χ0n) is 16.5. The third-order valence-electron chi connectivity index (χ3n) is 3.97. The molecule has 0 fully saturated rings. The van der Waals surface area contributed by atoms with Gasteiger partial charge in [0.15, 0.2) is 6.29 Å². The van der Waals surface area contributed by atoms with Crippen molar-refractivity contribution in [3.63, 3.8) is 0 Å². The highest BCUT2D eigenvalue weighted by molar-refractivity contribution is 6.30. The fourth-order valence-corrected chi connectivity index (χ4v) is 2.73. The van der Waals surface area contributed by atoms with Crippen LogP contribution >= 0.6 is 11.6 Å². The van der Waals surface area contributed by atoms with Crippen molar-refractivity contribution in [3.8, 4) is 11.4 Å². The Bertz CT molecular complexity index is 1010. The van der Waals surface area contributed by atoms with Crippen molar-refractivity contribution in [3.05, 3.63) is 88.7 Å². The second-order valence-electron chi connectivity index (χ2n) is 6.00. The molecule has 0 unspecified atom stereocenters. The van der Waals surface area contributed by atoms with Gasteiger partial charge in [0.25, 0.3) is 0 Å². The van der Waals surface area contributed by atoms with E-state index in [2.05, 4.69) is 4.74 Å². The third kappa shape index (κ3) is 6.36. The minimum atomic E-state index is -0.440. The van der Waals surface area contributed by atoms with Gasteiger partial charge in [0.05, 0.1) is 19.9 Å². The van der Waals surface area contributed by atoms with Gasteiger partial charge in [-0.2, -0.15) is 0 Å². The molecular formula is C23H22ClNO4. The number of halogens is 1. The number of nitrogens with zero attached hydrogens (tertiary/aromatic N) is 1. The number of aromatic nitrogens is 1. The summed E-state index contributed by atoms with van der Waals surface area (Å²) in [5.41, 5.74) is 3.15. The first-order valence-corrected chi connectivity index (χ1v) is 9.15. The van der Waals surface area contributed by atoms with Crippen LogP contribution < -0.4 is 4.74 Å². The number of aldehydes is 1. The zero-order valence-corrected chi connectivity index (χ0v) is 17.2. The van der Waals surface area contributed by atoms with E-state index >= 15 is 0 Å². The Hall–Kier alpha value is -3.31. The lowest BCUT2D eigenvalue weighted by atomic mass is 10.2. The Morgan fingerprint density at radius 2 is 1.86 bits per heavy atom. The summed E-state index contributed by atoms with van der Waals surface area (Å²) < 4.78 is 11.3. The number of esters is 1. The Balaban J connectivity index is 0.000000278. The molecule has 0 aliphatic heterocycles. The van der Waals surface area contributed by atoms with Gasteiger partial charge in [-0.3, -0.25) is 4.79 Å². The van der Waals surface area contributed by atoms with Gasteiger partial charge in [-0.1, -0.05) is 23.7 Å². The van der Waals surface area contributed by atoms with Crippen molar-refractivity contribution in [2.75, 3.05) is 14.2 Å². The summed E-state index contributed by atoms with van der Waals surface area (Å²) in [5.74, 6) is 0.486. The van der Waals surface area contributed by atoms with E-state index in [1.807, 2.05) is 43.3 Å². The van der Waals surface area contributed by atoms with Crippen molar-refractivity contribution < 1.29 is 19.1 Å². The summed E-state index contributed by atoms with van der Waals surface area (Å²) in [6.45, 7) is 2.04. The highest BCUT2D eigenvalue weighted by Crippen LogP contribution is 2.21. The summed E-state index contributed by atoms with van der Waals surface area (Å²) >= 11 is 5.87. The van der Waals surface area contributed by atoms with Gasteiger partial charge >= 0.3 is 5.97 Å². The Morgan fingerprint density at radius 1 is 1.07 bits per heavy atom. The average Bonchev–Trinajstić information content (AvgIpc) is 3.20. The van der Waals surface area contributed by atoms with Crippen LogP contribution in [0.2, 0.25) is 5.02 Å². The smallest absolute Gasteiger partial charge is 0.330 e. The molecule has 0 saturated heterocycles. The Kier molecular flexibility index (Phi) is 8.25. The predicted molar refractivity (Wildman–Crippen MR) is 115 cm³/mol. The van der Waals surface area contributed by atoms with Crippen molar-refractivity contribution >= 4 is 29.9 Å². The molecule has 0 spiro atoms. The summed E-state index contributed by atoms with van der Waals surface area (Å²) in [5, 5.41) is 0.495. The van der Waals surface area contributed by atoms with Crippen LogP contribution in [0, 0.1) is 6.92 Å². The number of carbonyl (C=O) groups excluding carboxylic acids is 2. The second-order valence-corrected chi connectivity index (χ2v) is 6.44. The number of hydrogen-bond donors (Lipinski definition) is 0. The molecule has 5 nitrogen and oxygen atoms in total. The molecule has 0 saturated carbocycles. The minimum absolute atomic E-state index is 0.440. The number of hydrogen-bond acceptors (Lipinski definition) is 4. The SMILES string of the molecule is COC(=O)/C=C/c1cccn1-c1ccc(Cl)cc1C=O.COc1cccc(C)c1. The van der Waals surface area contributed by atoms with E-state index in [1.54, 1.807) is 42.1 Å². The maximum atomic E-state index is 11.1. The van der Waals surface area contributed by atoms with E-state index in [4.69, 9.17) is 16.3 Å². The standard InChI is InChI=1S/C15H12ClNO3.C8H10O/c1-20-15(19)7-5-13-3-2-8-17(13)14-6-4-12(16)9-11(14)10-18;1-7-4-3-5-8(6-7)9-2/h2-10H,1H3;3-6H,1-2H3/b7-5+;. The van der Waals surface area contributed by atoms with Crippen LogP contribution in [0.25, 0.3) is 11.8 Å². The largest absolute Gasteiger partial charge is 0.497 e. The van der Waals surface area contributed by atoms with Crippen molar-refractivity contribution in [1.82, 2.24) is 4.57 Å². The Labute approximate surface area is 175 Å². The fourth-order valence-electron chi connectivity index (χ4n) is 2.55. The first-order chi connectivity index (χ1) is 14.0. The molecule has 3 rings (SSSR count). The number of rotatable bonds is 5. The lowest BCUT2D eigenvalue weighted by molar-refractivity contribution is -0.134. The average molecular weight is 412 g/mol. The van der Waals surface area contributed by atoms with Crippen LogP contribution in [0.1, 0.15) is 21.6 Å². The van der Waals surface area contributed by atoms with Crippen molar-refractivity contribution in [2.24, 2.45) is 0 Å². The lowest BCUT2D eigenvalue weighted by Crippen LogP contribution is -2.00. The van der Waals surface area contributed by atoms with Gasteiger partial charge in [0.1, 0.15) is 5.75 Å². The number of carbonyl (C=O) groups is 2. The van der Waals surface area contributed by atoms with Crippen LogP contribution in [0.4, 0.5) is 0 Å². The molecule has 6 heteroatoms. The van der Waals surface area contributed by atoms with E-state index in [1.165, 1.54) is 18.7 Å². The molecule has 29 heavy (non-hydrogen) atoms. The first-order valence-electron chi connectivity index (χ1n) is 8.77. The van der Waals surface area contributed by atoms with Gasteiger partial charge in [-0.15, -0.1) is 0 Å². The van der Waals surface area contributed by atoms with Gasteiger partial charge < -0.3 is 14.0 Å². The molecule has 0 radical (unpaired) electrons. The van der Waals surface area contributed by atoms with Gasteiger partial charge in [-0.05, 0) is 61.0 Å². The zero-order chi connectivity index (χ0) is 21.2. The molecule has 150 valence electrons. The van der Waals surface area contributed by atoms with E-state index in [9.17, 15) is 9.59 Å². The van der Waals surface area contributed by atoms with Crippen LogP contribution in [0.3, 0.4) is 0 Å². The lowest BCUT2D eigenvalue weighted by Gasteiger charge is -2.09.